The van der Waals surface area contributed by atoms with E-state index in [1.807, 2.05) is 6.92 Å². The van der Waals surface area contributed by atoms with Crippen LogP contribution in [0.2, 0.25) is 0 Å². The lowest BCUT2D eigenvalue weighted by atomic mass is 10.2. The van der Waals surface area contributed by atoms with E-state index >= 15 is 0 Å². The molecule has 8 heteroatoms. The molecule has 0 atom stereocenters. The normalized spacial score (nSPS) is 10.4. The molecular formula is C17H21N3O4S. The summed E-state index contributed by atoms with van der Waals surface area (Å²) < 4.78 is 10.4. The average molecular weight is 363 g/mol. The van der Waals surface area contributed by atoms with Gasteiger partial charge in [0, 0.05) is 17.8 Å². The lowest BCUT2D eigenvalue weighted by Crippen LogP contribution is -2.16. The van der Waals surface area contributed by atoms with Gasteiger partial charge >= 0.3 is 0 Å². The van der Waals surface area contributed by atoms with Crippen LogP contribution < -0.4 is 20.3 Å². The quantitative estimate of drug-likeness (QED) is 0.553. The number of H-pyrrole nitrogens is 1. The third-order valence-electron chi connectivity index (χ3n) is 3.30. The van der Waals surface area contributed by atoms with E-state index in [4.69, 9.17) is 9.47 Å². The van der Waals surface area contributed by atoms with Crippen molar-refractivity contribution in [2.24, 2.45) is 0 Å². The second kappa shape index (κ2) is 9.12. The average Bonchev–Trinajstić information content (AvgIpc) is 2.59. The van der Waals surface area contributed by atoms with E-state index in [9.17, 15) is 9.59 Å². The Hall–Kier alpha value is -2.48. The van der Waals surface area contributed by atoms with E-state index in [-0.39, 0.29) is 17.2 Å². The molecule has 134 valence electrons. The summed E-state index contributed by atoms with van der Waals surface area (Å²) in [6, 6.07) is 6.63. The van der Waals surface area contributed by atoms with Gasteiger partial charge in [-0.05, 0) is 18.6 Å². The minimum absolute atomic E-state index is 0.110. The predicted octanol–water partition coefficient (Wildman–Crippen LogP) is 2.47. The van der Waals surface area contributed by atoms with Crippen LogP contribution in [-0.4, -0.2) is 35.8 Å². The Bertz CT molecular complexity index is 792. The largest absolute Gasteiger partial charge is 0.497 e. The summed E-state index contributed by atoms with van der Waals surface area (Å²) in [4.78, 5) is 30.8. The molecule has 1 aromatic carbocycles. The first kappa shape index (κ1) is 18.9. The molecule has 0 aliphatic carbocycles. The Labute approximate surface area is 150 Å². The molecular weight excluding hydrogens is 342 g/mol. The van der Waals surface area contributed by atoms with E-state index in [1.165, 1.54) is 24.9 Å². The number of rotatable bonds is 8. The molecule has 0 saturated carbocycles. The number of ether oxygens (including phenoxy) is 2. The second-order valence-corrected chi connectivity index (χ2v) is 6.16. The summed E-state index contributed by atoms with van der Waals surface area (Å²) in [6.07, 6.45) is 1.63. The molecule has 1 heterocycles. The number of nitrogens with zero attached hydrogens (tertiary/aromatic N) is 1. The fourth-order valence-corrected chi connectivity index (χ4v) is 2.86. The van der Waals surface area contributed by atoms with Crippen molar-refractivity contribution in [3.8, 4) is 11.5 Å². The Balaban J connectivity index is 2.03. The maximum Gasteiger partial charge on any atom is 0.251 e. The molecule has 7 nitrogen and oxygen atoms in total. The highest BCUT2D eigenvalue weighted by molar-refractivity contribution is 7.99. The van der Waals surface area contributed by atoms with E-state index in [0.29, 0.717) is 22.3 Å². The molecule has 0 unspecified atom stereocenters. The number of hydrogen-bond donors (Lipinski definition) is 2. The number of aromatic nitrogens is 2. The maximum atomic E-state index is 12.2. The van der Waals surface area contributed by atoms with Crippen LogP contribution in [0.3, 0.4) is 0 Å². The van der Waals surface area contributed by atoms with Crippen molar-refractivity contribution in [3.05, 3.63) is 40.3 Å². The molecule has 0 fully saturated rings. The molecule has 2 N–H and O–H groups in total. The molecule has 0 aliphatic rings. The van der Waals surface area contributed by atoms with Gasteiger partial charge in [-0.1, -0.05) is 25.1 Å². The minimum Gasteiger partial charge on any atom is -0.497 e. The summed E-state index contributed by atoms with van der Waals surface area (Å²) in [6.45, 7) is 2.02. The summed E-state index contributed by atoms with van der Waals surface area (Å²) in [5.74, 6) is 1.02. The van der Waals surface area contributed by atoms with E-state index in [2.05, 4.69) is 15.3 Å². The molecule has 0 radical (unpaired) electrons. The molecule has 25 heavy (non-hydrogen) atoms. The van der Waals surface area contributed by atoms with Crippen LogP contribution in [0.5, 0.6) is 11.5 Å². The van der Waals surface area contributed by atoms with Crippen molar-refractivity contribution in [1.29, 1.82) is 0 Å². The lowest BCUT2D eigenvalue weighted by Gasteiger charge is -2.11. The van der Waals surface area contributed by atoms with Gasteiger partial charge in [-0.15, -0.1) is 0 Å². The minimum atomic E-state index is -0.236. The van der Waals surface area contributed by atoms with Crippen molar-refractivity contribution < 1.29 is 14.3 Å². The number of thioether (sulfide) groups is 1. The van der Waals surface area contributed by atoms with Crippen molar-refractivity contribution in [2.75, 3.05) is 25.3 Å². The number of anilines is 1. The number of carbonyl (C=O) groups excluding carboxylic acids is 1. The highest BCUT2D eigenvalue weighted by Gasteiger charge is 2.11. The summed E-state index contributed by atoms with van der Waals surface area (Å²) in [5.41, 5.74) is 1.04. The number of hydrogen-bond acceptors (Lipinski definition) is 6. The van der Waals surface area contributed by atoms with Gasteiger partial charge in [0.1, 0.15) is 11.5 Å². The molecule has 0 aliphatic heterocycles. The van der Waals surface area contributed by atoms with Crippen molar-refractivity contribution in [3.63, 3.8) is 0 Å². The predicted molar refractivity (Wildman–Crippen MR) is 97.8 cm³/mol. The van der Waals surface area contributed by atoms with Crippen molar-refractivity contribution in [2.45, 2.75) is 24.9 Å². The smallest absolute Gasteiger partial charge is 0.251 e. The number of nitrogens with one attached hydrogen (secondary N) is 2. The van der Waals surface area contributed by atoms with Crippen LogP contribution in [0.4, 0.5) is 5.69 Å². The molecule has 1 amide bonds. The van der Waals surface area contributed by atoms with Crippen LogP contribution >= 0.6 is 11.8 Å². The van der Waals surface area contributed by atoms with Crippen molar-refractivity contribution in [1.82, 2.24) is 9.97 Å². The summed E-state index contributed by atoms with van der Waals surface area (Å²) in [5, 5.41) is 3.21. The number of benzene rings is 1. The highest BCUT2D eigenvalue weighted by atomic mass is 32.2. The highest BCUT2D eigenvalue weighted by Crippen LogP contribution is 2.29. The van der Waals surface area contributed by atoms with Gasteiger partial charge in [-0.3, -0.25) is 9.59 Å². The van der Waals surface area contributed by atoms with E-state index in [0.717, 1.165) is 18.5 Å². The van der Waals surface area contributed by atoms with Gasteiger partial charge < -0.3 is 19.8 Å². The van der Waals surface area contributed by atoms with Crippen LogP contribution in [0, 0.1) is 0 Å². The van der Waals surface area contributed by atoms with Crippen LogP contribution in [0.25, 0.3) is 0 Å². The first-order valence-corrected chi connectivity index (χ1v) is 8.79. The topological polar surface area (TPSA) is 93.3 Å². The number of aryl methyl sites for hydroxylation is 1. The SMILES string of the molecule is CCCc1cc(=O)[nH]c(SCC(=O)Nc2cc(OC)ccc2OC)n1. The van der Waals surface area contributed by atoms with Gasteiger partial charge in [-0.25, -0.2) is 4.98 Å². The molecule has 0 bridgehead atoms. The van der Waals surface area contributed by atoms with Gasteiger partial charge in [0.25, 0.3) is 5.56 Å². The van der Waals surface area contributed by atoms with Gasteiger partial charge in [0.15, 0.2) is 5.16 Å². The maximum absolute atomic E-state index is 12.2. The van der Waals surface area contributed by atoms with Crippen LogP contribution in [-0.2, 0) is 11.2 Å². The monoisotopic (exact) mass is 363 g/mol. The molecule has 2 aromatic rings. The zero-order chi connectivity index (χ0) is 18.2. The van der Waals surface area contributed by atoms with Gasteiger partial charge in [0.05, 0.1) is 25.7 Å². The van der Waals surface area contributed by atoms with E-state index in [1.54, 1.807) is 25.3 Å². The molecule has 0 spiro atoms. The molecule has 2 rings (SSSR count). The van der Waals surface area contributed by atoms with Gasteiger partial charge in [0.2, 0.25) is 5.91 Å². The van der Waals surface area contributed by atoms with Crippen LogP contribution in [0.15, 0.2) is 34.2 Å². The Morgan fingerprint density at radius 2 is 2.08 bits per heavy atom. The fraction of sp³-hybridized carbons (Fsp3) is 0.353. The molecule has 1 aromatic heterocycles. The third kappa shape index (κ3) is 5.53. The first-order chi connectivity index (χ1) is 12.0. The van der Waals surface area contributed by atoms with E-state index < -0.39 is 0 Å². The Morgan fingerprint density at radius 1 is 1.28 bits per heavy atom. The van der Waals surface area contributed by atoms with Gasteiger partial charge in [-0.2, -0.15) is 0 Å². The number of methoxy groups -OCH3 is 2. The fourth-order valence-electron chi connectivity index (χ4n) is 2.17. The summed E-state index contributed by atoms with van der Waals surface area (Å²) in [7, 11) is 3.08. The Kier molecular flexibility index (Phi) is 6.88. The molecule has 0 saturated heterocycles. The lowest BCUT2D eigenvalue weighted by molar-refractivity contribution is -0.113. The van der Waals surface area contributed by atoms with Crippen LogP contribution in [0.1, 0.15) is 19.0 Å². The second-order valence-electron chi connectivity index (χ2n) is 5.19. The standard InChI is InChI=1S/C17H21N3O4S/c1-4-5-11-8-15(21)20-17(18-11)25-10-16(22)19-13-9-12(23-2)6-7-14(13)24-3/h6-9H,4-5,10H2,1-3H3,(H,19,22)(H,18,20,21). The summed E-state index contributed by atoms with van der Waals surface area (Å²) >= 11 is 1.17. The Morgan fingerprint density at radius 3 is 2.76 bits per heavy atom. The first-order valence-electron chi connectivity index (χ1n) is 7.80. The number of amides is 1. The van der Waals surface area contributed by atoms with Crippen molar-refractivity contribution >= 4 is 23.4 Å². The zero-order valence-corrected chi connectivity index (χ0v) is 15.2. The number of aromatic amines is 1. The number of carbonyl (C=O) groups is 1. The third-order valence-corrected chi connectivity index (χ3v) is 4.17. The zero-order valence-electron chi connectivity index (χ0n) is 14.4.